The molecule has 0 fully saturated rings. The largest absolute Gasteiger partial charge is 0.507 e. The van der Waals surface area contributed by atoms with Crippen LogP contribution in [0.1, 0.15) is 64.6 Å². The molecule has 0 aromatic heterocycles. The highest BCUT2D eigenvalue weighted by molar-refractivity contribution is 9.11. The van der Waals surface area contributed by atoms with Crippen molar-refractivity contribution in [2.75, 3.05) is 0 Å². The molecule has 1 aliphatic carbocycles. The maximum Gasteiger partial charge on any atom is 0.198 e. The Morgan fingerprint density at radius 1 is 1.04 bits per heavy atom. The van der Waals surface area contributed by atoms with Gasteiger partial charge in [0.15, 0.2) is 11.6 Å². The lowest BCUT2D eigenvalue weighted by Gasteiger charge is -2.24. The molecule has 0 amide bonds. The minimum absolute atomic E-state index is 0.00913. The Hall–Kier alpha value is -2.53. The Balaban J connectivity index is 1.98. The molecule has 144 valence electrons. The van der Waals surface area contributed by atoms with E-state index in [1.807, 2.05) is 20.8 Å². The van der Waals surface area contributed by atoms with E-state index in [4.69, 9.17) is 0 Å². The molecule has 0 bridgehead atoms. The highest BCUT2D eigenvalue weighted by Crippen LogP contribution is 2.36. The number of halogens is 1. The molecular weight excluding hydrogens is 420 g/mol. The lowest BCUT2D eigenvalue weighted by Crippen LogP contribution is -2.27. The molecule has 0 spiro atoms. The van der Waals surface area contributed by atoms with Crippen LogP contribution in [-0.2, 0) is 11.2 Å². The molecule has 3 rings (SSSR count). The summed E-state index contributed by atoms with van der Waals surface area (Å²) >= 11 is 3.28. The molecule has 2 aromatic carbocycles. The van der Waals surface area contributed by atoms with E-state index in [1.54, 1.807) is 35.3 Å². The molecule has 0 saturated carbocycles. The van der Waals surface area contributed by atoms with Crippen LogP contribution in [0.4, 0.5) is 0 Å². The molecule has 2 aromatic rings. The third-order valence-corrected chi connectivity index (χ3v) is 5.94. The first-order valence-electron chi connectivity index (χ1n) is 9.00. The van der Waals surface area contributed by atoms with Gasteiger partial charge < -0.3 is 5.11 Å². The van der Waals surface area contributed by atoms with Gasteiger partial charge in [-0.05, 0) is 24.4 Å². The van der Waals surface area contributed by atoms with Crippen molar-refractivity contribution in [1.29, 1.82) is 0 Å². The predicted molar refractivity (Wildman–Crippen MR) is 111 cm³/mol. The normalized spacial score (nSPS) is 13.9. The lowest BCUT2D eigenvalue weighted by molar-refractivity contribution is -0.126. The molecule has 0 aliphatic heterocycles. The standard InChI is InChI=1S/C23H21BrO4/c1-13(12-24)11-23(2,3)18(25)10-14-8-9-17-19(20(14)26)22(28)16-7-5-4-6-15(16)21(17)27/h4-9,12,26H,10-11H2,1-3H3/b13-12+. The van der Waals surface area contributed by atoms with Gasteiger partial charge in [-0.2, -0.15) is 0 Å². The zero-order valence-electron chi connectivity index (χ0n) is 16.0. The summed E-state index contributed by atoms with van der Waals surface area (Å²) in [7, 11) is 0. The zero-order chi connectivity index (χ0) is 20.6. The minimum atomic E-state index is -0.622. The van der Waals surface area contributed by atoms with Gasteiger partial charge in [0, 0.05) is 34.1 Å². The van der Waals surface area contributed by atoms with Crippen LogP contribution in [0.5, 0.6) is 5.75 Å². The van der Waals surface area contributed by atoms with Crippen LogP contribution in [0.2, 0.25) is 0 Å². The molecule has 0 heterocycles. The van der Waals surface area contributed by atoms with Gasteiger partial charge in [-0.1, -0.05) is 65.7 Å². The van der Waals surface area contributed by atoms with Crippen LogP contribution in [0.3, 0.4) is 0 Å². The first-order valence-corrected chi connectivity index (χ1v) is 9.91. The third kappa shape index (κ3) is 3.47. The SMILES string of the molecule is C/C(=C\Br)CC(C)(C)C(=O)Cc1ccc2c(c1O)C(=O)c1ccccc1C2=O. The topological polar surface area (TPSA) is 71.4 Å². The maximum absolute atomic E-state index is 12.9. The van der Waals surface area contributed by atoms with Crippen LogP contribution >= 0.6 is 15.9 Å². The van der Waals surface area contributed by atoms with Crippen molar-refractivity contribution in [1.82, 2.24) is 0 Å². The van der Waals surface area contributed by atoms with Crippen molar-refractivity contribution in [2.24, 2.45) is 5.41 Å². The van der Waals surface area contributed by atoms with Crippen LogP contribution in [0, 0.1) is 5.41 Å². The van der Waals surface area contributed by atoms with E-state index < -0.39 is 11.2 Å². The predicted octanol–water partition coefficient (Wildman–Crippen LogP) is 4.99. The van der Waals surface area contributed by atoms with E-state index in [0.29, 0.717) is 17.5 Å². The van der Waals surface area contributed by atoms with E-state index >= 15 is 0 Å². The fourth-order valence-corrected chi connectivity index (χ4v) is 3.76. The van der Waals surface area contributed by atoms with Gasteiger partial charge in [0.25, 0.3) is 0 Å². The van der Waals surface area contributed by atoms with Crippen LogP contribution in [-0.4, -0.2) is 22.5 Å². The second-order valence-electron chi connectivity index (χ2n) is 7.82. The van der Waals surface area contributed by atoms with Gasteiger partial charge in [0.05, 0.1) is 5.56 Å². The first kappa shape index (κ1) is 20.2. The number of carbonyl (C=O) groups excluding carboxylic acids is 3. The summed E-state index contributed by atoms with van der Waals surface area (Å²) in [6.45, 7) is 5.65. The number of phenols is 1. The number of Topliss-reactive ketones (excluding diaryl/α,β-unsaturated/α-hetero) is 1. The Labute approximate surface area is 172 Å². The van der Waals surface area contributed by atoms with Crippen LogP contribution in [0.15, 0.2) is 47.0 Å². The monoisotopic (exact) mass is 440 g/mol. The van der Waals surface area contributed by atoms with Crippen molar-refractivity contribution in [3.8, 4) is 5.75 Å². The average molecular weight is 441 g/mol. The third-order valence-electron chi connectivity index (χ3n) is 5.16. The first-order chi connectivity index (χ1) is 13.2. The lowest BCUT2D eigenvalue weighted by atomic mass is 9.78. The summed E-state index contributed by atoms with van der Waals surface area (Å²) < 4.78 is 0. The summed E-state index contributed by atoms with van der Waals surface area (Å²) in [5.74, 6) is -1.01. The molecule has 5 heteroatoms. The molecule has 0 atom stereocenters. The van der Waals surface area contributed by atoms with Crippen LogP contribution in [0.25, 0.3) is 0 Å². The number of ketones is 3. The fourth-order valence-electron chi connectivity index (χ4n) is 3.60. The molecule has 0 radical (unpaired) electrons. The van der Waals surface area contributed by atoms with Gasteiger partial charge in [-0.15, -0.1) is 0 Å². The van der Waals surface area contributed by atoms with Gasteiger partial charge in [0.2, 0.25) is 0 Å². The summed E-state index contributed by atoms with van der Waals surface area (Å²) in [6, 6.07) is 9.66. The minimum Gasteiger partial charge on any atom is -0.507 e. The number of aromatic hydroxyl groups is 1. The second kappa shape index (κ2) is 7.47. The number of benzene rings is 2. The Bertz CT molecular complexity index is 1030. The van der Waals surface area contributed by atoms with Crippen LogP contribution < -0.4 is 0 Å². The number of carbonyl (C=O) groups is 3. The summed E-state index contributed by atoms with van der Waals surface area (Å²) in [5.41, 5.74) is 1.54. The molecule has 0 saturated heterocycles. The van der Waals surface area contributed by atoms with Crippen molar-refractivity contribution in [2.45, 2.75) is 33.6 Å². The van der Waals surface area contributed by atoms with Crippen molar-refractivity contribution in [3.63, 3.8) is 0 Å². The second-order valence-corrected chi connectivity index (χ2v) is 8.27. The van der Waals surface area contributed by atoms with E-state index in [0.717, 1.165) is 5.57 Å². The van der Waals surface area contributed by atoms with Crippen molar-refractivity contribution in [3.05, 3.63) is 74.8 Å². The summed E-state index contributed by atoms with van der Waals surface area (Å²) in [6.07, 6.45) is 0.568. The summed E-state index contributed by atoms with van der Waals surface area (Å²) in [5, 5.41) is 10.7. The number of phenolic OH excluding ortho intramolecular Hbond substituents is 1. The van der Waals surface area contributed by atoms with E-state index in [2.05, 4.69) is 15.9 Å². The Morgan fingerprint density at radius 2 is 1.64 bits per heavy atom. The van der Waals surface area contributed by atoms with E-state index in [1.165, 1.54) is 6.07 Å². The quantitative estimate of drug-likeness (QED) is 0.606. The fraction of sp³-hybridized carbons (Fsp3) is 0.261. The highest BCUT2D eigenvalue weighted by atomic mass is 79.9. The molecular formula is C23H21BrO4. The number of hydrogen-bond acceptors (Lipinski definition) is 4. The average Bonchev–Trinajstić information content (AvgIpc) is 2.67. The Morgan fingerprint density at radius 3 is 2.25 bits per heavy atom. The Kier molecular flexibility index (Phi) is 5.39. The number of rotatable bonds is 5. The van der Waals surface area contributed by atoms with Gasteiger partial charge in [-0.25, -0.2) is 0 Å². The molecule has 1 N–H and O–H groups in total. The van der Waals surface area contributed by atoms with E-state index in [9.17, 15) is 19.5 Å². The zero-order valence-corrected chi connectivity index (χ0v) is 17.6. The van der Waals surface area contributed by atoms with Crippen molar-refractivity contribution < 1.29 is 19.5 Å². The highest BCUT2D eigenvalue weighted by Gasteiger charge is 2.34. The van der Waals surface area contributed by atoms with Gasteiger partial charge in [-0.3, -0.25) is 14.4 Å². The van der Waals surface area contributed by atoms with E-state index in [-0.39, 0.29) is 40.4 Å². The number of allylic oxidation sites excluding steroid dienone is 1. The van der Waals surface area contributed by atoms with Gasteiger partial charge in [0.1, 0.15) is 11.5 Å². The molecule has 0 unspecified atom stereocenters. The summed E-state index contributed by atoms with van der Waals surface area (Å²) in [4.78, 5) is 40.2. The van der Waals surface area contributed by atoms with Crippen molar-refractivity contribution >= 4 is 33.3 Å². The number of hydrogen-bond donors (Lipinski definition) is 1. The molecule has 1 aliphatic rings. The maximum atomic E-state index is 12.9. The smallest absolute Gasteiger partial charge is 0.198 e. The molecule has 4 nitrogen and oxygen atoms in total. The van der Waals surface area contributed by atoms with Gasteiger partial charge >= 0.3 is 0 Å². The molecule has 28 heavy (non-hydrogen) atoms. The number of fused-ring (bicyclic) bond motifs is 2.